The van der Waals surface area contributed by atoms with E-state index < -0.39 is 18.0 Å². The predicted molar refractivity (Wildman–Crippen MR) is 91.1 cm³/mol. The van der Waals surface area contributed by atoms with E-state index in [1.165, 1.54) is 25.0 Å². The normalized spacial score (nSPS) is 18.3. The van der Waals surface area contributed by atoms with Gasteiger partial charge in [-0.05, 0) is 37.6 Å². The standard InChI is InChI=1S/C17H22F3N3O3/c1-11(24)21-13-5-6-15(26-2)14(8-13)22-16(25)10-23-7-3-4-12(9-23)17(18,19)20/h5-6,8,12H,3-4,7,9-10H2,1-2H3,(H,21,24)(H,22,25)/t12-/m1/s1. The number of hydrogen-bond acceptors (Lipinski definition) is 4. The molecule has 1 aliphatic rings. The number of carbonyl (C=O) groups excluding carboxylic acids is 2. The van der Waals surface area contributed by atoms with Crippen molar-refractivity contribution in [3.05, 3.63) is 18.2 Å². The largest absolute Gasteiger partial charge is 0.495 e. The number of anilines is 2. The fourth-order valence-electron chi connectivity index (χ4n) is 2.95. The van der Waals surface area contributed by atoms with E-state index in [9.17, 15) is 22.8 Å². The van der Waals surface area contributed by atoms with Gasteiger partial charge in [0.25, 0.3) is 0 Å². The number of halogens is 3. The minimum absolute atomic E-state index is 0.0915. The summed E-state index contributed by atoms with van der Waals surface area (Å²) in [6.07, 6.45) is -3.75. The smallest absolute Gasteiger partial charge is 0.393 e. The van der Waals surface area contributed by atoms with Gasteiger partial charge in [0.05, 0.1) is 25.3 Å². The number of nitrogens with one attached hydrogen (secondary N) is 2. The molecule has 6 nitrogen and oxygen atoms in total. The Bertz CT molecular complexity index is 664. The molecule has 0 aromatic heterocycles. The number of amides is 2. The second-order valence-corrected chi connectivity index (χ2v) is 6.26. The SMILES string of the molecule is COc1ccc(NC(C)=O)cc1NC(=O)CN1CCC[C@@H](C(F)(F)F)C1. The monoisotopic (exact) mass is 373 g/mol. The first-order chi connectivity index (χ1) is 12.2. The van der Waals surface area contributed by atoms with Gasteiger partial charge in [0.15, 0.2) is 0 Å². The summed E-state index contributed by atoms with van der Waals surface area (Å²) in [7, 11) is 1.43. The maximum absolute atomic E-state index is 12.9. The second-order valence-electron chi connectivity index (χ2n) is 6.26. The molecule has 1 heterocycles. The van der Waals surface area contributed by atoms with Crippen molar-refractivity contribution in [1.29, 1.82) is 0 Å². The zero-order chi connectivity index (χ0) is 19.3. The van der Waals surface area contributed by atoms with Crippen LogP contribution in [0.1, 0.15) is 19.8 Å². The van der Waals surface area contributed by atoms with Crippen LogP contribution in [0.15, 0.2) is 18.2 Å². The van der Waals surface area contributed by atoms with E-state index in [4.69, 9.17) is 4.74 Å². The topological polar surface area (TPSA) is 70.7 Å². The van der Waals surface area contributed by atoms with Gasteiger partial charge in [-0.25, -0.2) is 0 Å². The van der Waals surface area contributed by atoms with Crippen molar-refractivity contribution < 1.29 is 27.5 Å². The molecule has 0 aliphatic carbocycles. The molecular weight excluding hydrogens is 351 g/mol. The summed E-state index contributed by atoms with van der Waals surface area (Å²) >= 11 is 0. The number of nitrogens with zero attached hydrogens (tertiary/aromatic N) is 1. The fourth-order valence-corrected chi connectivity index (χ4v) is 2.95. The van der Waals surface area contributed by atoms with Crippen molar-refractivity contribution in [3.8, 4) is 5.75 Å². The lowest BCUT2D eigenvalue weighted by molar-refractivity contribution is -0.186. The molecule has 2 rings (SSSR count). The molecule has 0 bridgehead atoms. The van der Waals surface area contributed by atoms with E-state index in [2.05, 4.69) is 10.6 Å². The number of alkyl halides is 3. The van der Waals surface area contributed by atoms with Crippen LogP contribution in [0.25, 0.3) is 0 Å². The third-order valence-electron chi connectivity index (χ3n) is 4.13. The lowest BCUT2D eigenvalue weighted by Crippen LogP contribution is -2.44. The van der Waals surface area contributed by atoms with E-state index >= 15 is 0 Å². The molecule has 1 saturated heterocycles. The maximum Gasteiger partial charge on any atom is 0.393 e. The van der Waals surface area contributed by atoms with Crippen molar-refractivity contribution in [3.63, 3.8) is 0 Å². The van der Waals surface area contributed by atoms with E-state index in [-0.39, 0.29) is 25.4 Å². The Morgan fingerprint density at radius 3 is 2.65 bits per heavy atom. The minimum atomic E-state index is -4.24. The van der Waals surface area contributed by atoms with Crippen LogP contribution < -0.4 is 15.4 Å². The van der Waals surface area contributed by atoms with Crippen molar-refractivity contribution in [1.82, 2.24) is 4.90 Å². The van der Waals surface area contributed by atoms with E-state index in [1.54, 1.807) is 12.1 Å². The Hall–Kier alpha value is -2.29. The molecule has 26 heavy (non-hydrogen) atoms. The Morgan fingerprint density at radius 1 is 1.31 bits per heavy atom. The zero-order valence-corrected chi connectivity index (χ0v) is 14.7. The average molecular weight is 373 g/mol. The third kappa shape index (κ3) is 5.62. The van der Waals surface area contributed by atoms with Crippen LogP contribution in [-0.4, -0.2) is 49.6 Å². The van der Waals surface area contributed by atoms with Crippen molar-refractivity contribution in [2.75, 3.05) is 37.4 Å². The summed E-state index contributed by atoms with van der Waals surface area (Å²) in [6.45, 7) is 1.49. The average Bonchev–Trinajstić information content (AvgIpc) is 2.54. The number of likely N-dealkylation sites (tertiary alicyclic amines) is 1. The maximum atomic E-state index is 12.9. The second kappa shape index (κ2) is 8.39. The number of ether oxygens (including phenoxy) is 1. The quantitative estimate of drug-likeness (QED) is 0.833. The molecule has 1 aromatic carbocycles. The van der Waals surface area contributed by atoms with Gasteiger partial charge in [0.2, 0.25) is 11.8 Å². The molecule has 2 amide bonds. The van der Waals surface area contributed by atoms with Gasteiger partial charge in [0, 0.05) is 19.2 Å². The molecule has 144 valence electrons. The highest BCUT2D eigenvalue weighted by atomic mass is 19.4. The number of benzene rings is 1. The highest BCUT2D eigenvalue weighted by molar-refractivity contribution is 5.95. The summed E-state index contributed by atoms with van der Waals surface area (Å²) in [6, 6.07) is 4.74. The lowest BCUT2D eigenvalue weighted by atomic mass is 9.97. The Labute approximate surface area is 149 Å². The molecule has 1 fully saturated rings. The number of hydrogen-bond donors (Lipinski definition) is 2. The summed E-state index contributed by atoms with van der Waals surface area (Å²) in [4.78, 5) is 24.9. The van der Waals surface area contributed by atoms with E-state index in [0.717, 1.165) is 0 Å². The van der Waals surface area contributed by atoms with Crippen LogP contribution in [0.5, 0.6) is 5.75 Å². The number of rotatable bonds is 5. The summed E-state index contributed by atoms with van der Waals surface area (Å²) in [5.41, 5.74) is 0.817. The van der Waals surface area contributed by atoms with E-state index in [1.807, 2.05) is 0 Å². The van der Waals surface area contributed by atoms with Gasteiger partial charge in [-0.2, -0.15) is 13.2 Å². The summed E-state index contributed by atoms with van der Waals surface area (Å²) in [5, 5.41) is 5.23. The third-order valence-corrected chi connectivity index (χ3v) is 4.13. The molecule has 1 aliphatic heterocycles. The lowest BCUT2D eigenvalue weighted by Gasteiger charge is -2.33. The first-order valence-corrected chi connectivity index (χ1v) is 8.23. The van der Waals surface area contributed by atoms with E-state index in [0.29, 0.717) is 30.1 Å². The molecular formula is C17H22F3N3O3. The van der Waals surface area contributed by atoms with Gasteiger partial charge >= 0.3 is 6.18 Å². The van der Waals surface area contributed by atoms with Crippen LogP contribution in [-0.2, 0) is 9.59 Å². The summed E-state index contributed by atoms with van der Waals surface area (Å²) in [5.74, 6) is -1.72. The molecule has 0 spiro atoms. The predicted octanol–water partition coefficient (Wildman–Crippen LogP) is 2.87. The van der Waals surface area contributed by atoms with Crippen LogP contribution in [0.4, 0.5) is 24.5 Å². The molecule has 0 radical (unpaired) electrons. The number of methoxy groups -OCH3 is 1. The molecule has 0 unspecified atom stereocenters. The summed E-state index contributed by atoms with van der Waals surface area (Å²) < 4.78 is 43.8. The van der Waals surface area contributed by atoms with Gasteiger partial charge in [-0.3, -0.25) is 14.5 Å². The fraction of sp³-hybridized carbons (Fsp3) is 0.529. The Kier molecular flexibility index (Phi) is 6.47. The first kappa shape index (κ1) is 20.0. The van der Waals surface area contributed by atoms with Crippen molar-refractivity contribution in [2.24, 2.45) is 5.92 Å². The molecule has 0 saturated carbocycles. The first-order valence-electron chi connectivity index (χ1n) is 8.23. The molecule has 1 atom stereocenters. The number of piperidine rings is 1. The minimum Gasteiger partial charge on any atom is -0.495 e. The van der Waals surface area contributed by atoms with Crippen LogP contribution in [0.2, 0.25) is 0 Å². The van der Waals surface area contributed by atoms with Gasteiger partial charge in [-0.1, -0.05) is 0 Å². The Morgan fingerprint density at radius 2 is 2.04 bits per heavy atom. The van der Waals surface area contributed by atoms with Crippen LogP contribution >= 0.6 is 0 Å². The molecule has 1 aromatic rings. The van der Waals surface area contributed by atoms with Gasteiger partial charge in [-0.15, -0.1) is 0 Å². The molecule has 9 heteroatoms. The van der Waals surface area contributed by atoms with Gasteiger partial charge < -0.3 is 15.4 Å². The van der Waals surface area contributed by atoms with Crippen LogP contribution in [0.3, 0.4) is 0 Å². The van der Waals surface area contributed by atoms with Crippen molar-refractivity contribution in [2.45, 2.75) is 25.9 Å². The van der Waals surface area contributed by atoms with Crippen molar-refractivity contribution >= 4 is 23.2 Å². The zero-order valence-electron chi connectivity index (χ0n) is 14.7. The number of carbonyl (C=O) groups is 2. The van der Waals surface area contributed by atoms with Gasteiger partial charge in [0.1, 0.15) is 5.75 Å². The molecule has 2 N–H and O–H groups in total. The highest BCUT2D eigenvalue weighted by Crippen LogP contribution is 2.33. The van der Waals surface area contributed by atoms with Crippen LogP contribution in [0, 0.1) is 5.92 Å². The highest BCUT2D eigenvalue weighted by Gasteiger charge is 2.41. The Balaban J connectivity index is 2.01.